The maximum absolute atomic E-state index is 11.2. The Bertz CT molecular complexity index is 478. The molecule has 0 aliphatic rings. The van der Waals surface area contributed by atoms with Gasteiger partial charge in [-0.25, -0.2) is 5.10 Å². The summed E-state index contributed by atoms with van der Waals surface area (Å²) in [5.74, 6) is 0. The van der Waals surface area contributed by atoms with E-state index in [2.05, 4.69) is 26.1 Å². The summed E-state index contributed by atoms with van der Waals surface area (Å²) in [5, 5.41) is 7.57. The lowest BCUT2D eigenvalue weighted by molar-refractivity contribution is 1.01. The third-order valence-corrected chi connectivity index (χ3v) is 2.35. The number of rotatable bonds is 0. The van der Waals surface area contributed by atoms with E-state index in [1.807, 2.05) is 12.1 Å². The zero-order valence-corrected chi connectivity index (χ0v) is 7.63. The van der Waals surface area contributed by atoms with Gasteiger partial charge in [0.2, 0.25) is 0 Å². The highest BCUT2D eigenvalue weighted by Gasteiger charge is 1.99. The van der Waals surface area contributed by atoms with Crippen molar-refractivity contribution in [3.8, 4) is 0 Å². The second-order valence-corrected chi connectivity index (χ2v) is 3.25. The van der Waals surface area contributed by atoms with Crippen LogP contribution in [0.15, 0.2) is 33.7 Å². The summed E-state index contributed by atoms with van der Waals surface area (Å²) in [4.78, 5) is 11.2. The molecule has 0 aliphatic carbocycles. The van der Waals surface area contributed by atoms with Crippen LogP contribution in [-0.2, 0) is 0 Å². The summed E-state index contributed by atoms with van der Waals surface area (Å²) in [6, 6.07) is 5.46. The van der Waals surface area contributed by atoms with Gasteiger partial charge in [-0.05, 0) is 12.1 Å². The number of H-pyrrole nitrogens is 1. The van der Waals surface area contributed by atoms with Crippen molar-refractivity contribution >= 4 is 26.7 Å². The molecule has 0 fully saturated rings. The van der Waals surface area contributed by atoms with Gasteiger partial charge in [-0.2, -0.15) is 5.10 Å². The topological polar surface area (TPSA) is 45.8 Å². The first kappa shape index (κ1) is 7.49. The first-order chi connectivity index (χ1) is 5.79. The molecule has 2 rings (SSSR count). The normalized spacial score (nSPS) is 10.4. The summed E-state index contributed by atoms with van der Waals surface area (Å²) in [6.07, 6.45) is 1.63. The van der Waals surface area contributed by atoms with Gasteiger partial charge in [0, 0.05) is 9.86 Å². The Kier molecular flexibility index (Phi) is 1.69. The van der Waals surface area contributed by atoms with Crippen molar-refractivity contribution in [1.29, 1.82) is 0 Å². The van der Waals surface area contributed by atoms with Gasteiger partial charge in [0.05, 0.1) is 11.6 Å². The fourth-order valence-corrected chi connectivity index (χ4v) is 1.55. The molecule has 1 N–H and O–H groups in total. The van der Waals surface area contributed by atoms with E-state index in [0.29, 0.717) is 5.39 Å². The summed E-state index contributed by atoms with van der Waals surface area (Å²) < 4.78 is 0.888. The molecule has 1 heterocycles. The van der Waals surface area contributed by atoms with E-state index in [1.54, 1.807) is 12.3 Å². The maximum Gasteiger partial charge on any atom is 0.272 e. The minimum absolute atomic E-state index is 0.159. The number of hydrogen-bond donors (Lipinski definition) is 1. The maximum atomic E-state index is 11.2. The van der Waals surface area contributed by atoms with Gasteiger partial charge in [0.25, 0.3) is 5.56 Å². The molecule has 2 aromatic rings. The van der Waals surface area contributed by atoms with E-state index in [0.717, 1.165) is 9.86 Å². The van der Waals surface area contributed by atoms with Crippen molar-refractivity contribution in [2.24, 2.45) is 0 Å². The molecule has 0 saturated carbocycles. The summed E-state index contributed by atoms with van der Waals surface area (Å²) in [6.45, 7) is 0. The number of halogens is 1. The minimum Gasteiger partial charge on any atom is -0.267 e. The van der Waals surface area contributed by atoms with E-state index >= 15 is 0 Å². The first-order valence-corrected chi connectivity index (χ1v) is 4.20. The number of benzene rings is 1. The van der Waals surface area contributed by atoms with Gasteiger partial charge in [0.1, 0.15) is 0 Å². The molecule has 0 bridgehead atoms. The van der Waals surface area contributed by atoms with Crippen molar-refractivity contribution in [2.45, 2.75) is 0 Å². The van der Waals surface area contributed by atoms with E-state index in [9.17, 15) is 4.79 Å². The van der Waals surface area contributed by atoms with Crippen LogP contribution in [0.1, 0.15) is 0 Å². The van der Waals surface area contributed by atoms with Crippen LogP contribution in [0, 0.1) is 0 Å². The zero-order chi connectivity index (χ0) is 8.55. The van der Waals surface area contributed by atoms with Crippen molar-refractivity contribution in [3.63, 3.8) is 0 Å². The third kappa shape index (κ3) is 1.04. The standard InChI is InChI=1S/C8H5BrN2O/c9-7-3-1-2-5-6(7)4-10-11-8(5)12/h1-4H,(H,11,12). The molecule has 12 heavy (non-hydrogen) atoms. The molecule has 3 nitrogen and oxygen atoms in total. The molecule has 60 valence electrons. The van der Waals surface area contributed by atoms with Gasteiger partial charge in [-0.1, -0.05) is 22.0 Å². The fraction of sp³-hybridized carbons (Fsp3) is 0. The van der Waals surface area contributed by atoms with Gasteiger partial charge in [-0.15, -0.1) is 0 Å². The van der Waals surface area contributed by atoms with Gasteiger partial charge < -0.3 is 0 Å². The van der Waals surface area contributed by atoms with Gasteiger partial charge in [0.15, 0.2) is 0 Å². The van der Waals surface area contributed by atoms with Crippen LogP contribution in [-0.4, -0.2) is 10.2 Å². The number of fused-ring (bicyclic) bond motifs is 1. The second kappa shape index (κ2) is 2.71. The monoisotopic (exact) mass is 224 g/mol. The van der Waals surface area contributed by atoms with Crippen LogP contribution in [0.4, 0.5) is 0 Å². The Morgan fingerprint density at radius 1 is 1.33 bits per heavy atom. The zero-order valence-electron chi connectivity index (χ0n) is 6.04. The lowest BCUT2D eigenvalue weighted by Gasteiger charge is -1.96. The number of aromatic amines is 1. The molecule has 0 atom stereocenters. The average Bonchev–Trinajstić information content (AvgIpc) is 2.07. The molecule has 0 radical (unpaired) electrons. The highest BCUT2D eigenvalue weighted by molar-refractivity contribution is 9.10. The summed E-state index contributed by atoms with van der Waals surface area (Å²) >= 11 is 3.34. The number of aromatic nitrogens is 2. The van der Waals surface area contributed by atoms with E-state index in [1.165, 1.54) is 0 Å². The van der Waals surface area contributed by atoms with Crippen LogP contribution >= 0.6 is 15.9 Å². The Labute approximate surface area is 76.5 Å². The molecule has 0 saturated heterocycles. The molecule has 0 unspecified atom stereocenters. The van der Waals surface area contributed by atoms with E-state index in [4.69, 9.17) is 0 Å². The summed E-state index contributed by atoms with van der Waals surface area (Å²) in [7, 11) is 0. The van der Waals surface area contributed by atoms with Crippen LogP contribution < -0.4 is 5.56 Å². The van der Waals surface area contributed by atoms with Crippen LogP contribution in [0.25, 0.3) is 10.8 Å². The molecule has 0 amide bonds. The molecular formula is C8H5BrN2O. The predicted octanol–water partition coefficient (Wildman–Crippen LogP) is 1.69. The van der Waals surface area contributed by atoms with Gasteiger partial charge >= 0.3 is 0 Å². The van der Waals surface area contributed by atoms with Crippen LogP contribution in [0.3, 0.4) is 0 Å². The Morgan fingerprint density at radius 3 is 2.92 bits per heavy atom. The van der Waals surface area contributed by atoms with Crippen molar-refractivity contribution in [1.82, 2.24) is 10.2 Å². The Morgan fingerprint density at radius 2 is 2.17 bits per heavy atom. The SMILES string of the molecule is O=c1[nH]ncc2c(Br)cccc12. The Balaban J connectivity index is 3.05. The second-order valence-electron chi connectivity index (χ2n) is 2.40. The van der Waals surface area contributed by atoms with E-state index in [-0.39, 0.29) is 5.56 Å². The highest BCUT2D eigenvalue weighted by Crippen LogP contribution is 2.19. The number of hydrogen-bond acceptors (Lipinski definition) is 2. The highest BCUT2D eigenvalue weighted by atomic mass is 79.9. The van der Waals surface area contributed by atoms with Gasteiger partial charge in [-0.3, -0.25) is 4.79 Å². The quantitative estimate of drug-likeness (QED) is 0.741. The lowest BCUT2D eigenvalue weighted by Crippen LogP contribution is -2.06. The van der Waals surface area contributed by atoms with E-state index < -0.39 is 0 Å². The first-order valence-electron chi connectivity index (χ1n) is 3.41. The third-order valence-electron chi connectivity index (χ3n) is 1.66. The Hall–Kier alpha value is -1.16. The summed E-state index contributed by atoms with van der Waals surface area (Å²) in [5.41, 5.74) is -0.159. The predicted molar refractivity (Wildman–Crippen MR) is 50.1 cm³/mol. The van der Waals surface area contributed by atoms with Crippen LogP contribution in [0.5, 0.6) is 0 Å². The molecule has 4 heteroatoms. The average molecular weight is 225 g/mol. The van der Waals surface area contributed by atoms with Crippen molar-refractivity contribution in [2.75, 3.05) is 0 Å². The molecule has 1 aromatic carbocycles. The molecular weight excluding hydrogens is 220 g/mol. The van der Waals surface area contributed by atoms with Crippen LogP contribution in [0.2, 0.25) is 0 Å². The molecule has 0 aliphatic heterocycles. The van der Waals surface area contributed by atoms with Crippen molar-refractivity contribution < 1.29 is 0 Å². The minimum atomic E-state index is -0.159. The molecule has 1 aromatic heterocycles. The fourth-order valence-electron chi connectivity index (χ4n) is 1.08. The lowest BCUT2D eigenvalue weighted by atomic mass is 10.2. The van der Waals surface area contributed by atoms with Crippen molar-refractivity contribution in [3.05, 3.63) is 39.2 Å². The smallest absolute Gasteiger partial charge is 0.267 e. The molecule has 0 spiro atoms. The number of nitrogens with zero attached hydrogens (tertiary/aromatic N) is 1. The largest absolute Gasteiger partial charge is 0.272 e. The number of nitrogens with one attached hydrogen (secondary N) is 1.